The van der Waals surface area contributed by atoms with Gasteiger partial charge in [-0.3, -0.25) is 9.89 Å². The number of H-pyrrole nitrogens is 1. The molecule has 2 heterocycles. The number of carbonyl (C=O) groups excluding carboxylic acids is 1. The lowest BCUT2D eigenvalue weighted by atomic mass is 9.94. The first-order valence-electron chi connectivity index (χ1n) is 9.78. The van der Waals surface area contributed by atoms with Gasteiger partial charge in [-0.15, -0.1) is 0 Å². The van der Waals surface area contributed by atoms with Crippen molar-refractivity contribution in [2.45, 2.75) is 25.2 Å². The standard InChI is InChI=1S/C23H25N3O2/c1-28-20-12-7-11-18(14-20)21-15-22(25-24-21)23(27)26-13-6-5-10-19(16-26)17-8-3-2-4-9-17/h2-4,7-9,11-12,14-15,19H,5-6,10,13,16H2,1H3,(H,24,25). The molecule has 144 valence electrons. The number of nitrogens with one attached hydrogen (secondary N) is 1. The monoisotopic (exact) mass is 375 g/mol. The molecule has 1 aromatic heterocycles. The summed E-state index contributed by atoms with van der Waals surface area (Å²) in [7, 11) is 1.64. The van der Waals surface area contributed by atoms with Crippen LogP contribution in [-0.4, -0.2) is 41.2 Å². The predicted molar refractivity (Wildman–Crippen MR) is 110 cm³/mol. The van der Waals surface area contributed by atoms with Gasteiger partial charge in [-0.05, 0) is 36.6 Å². The Morgan fingerprint density at radius 1 is 1.11 bits per heavy atom. The first-order valence-corrected chi connectivity index (χ1v) is 9.78. The van der Waals surface area contributed by atoms with E-state index in [1.807, 2.05) is 41.3 Å². The van der Waals surface area contributed by atoms with Crippen LogP contribution in [0.15, 0.2) is 60.7 Å². The third kappa shape index (κ3) is 3.93. The van der Waals surface area contributed by atoms with Crippen LogP contribution in [0.25, 0.3) is 11.3 Å². The van der Waals surface area contributed by atoms with Gasteiger partial charge in [0, 0.05) is 24.6 Å². The van der Waals surface area contributed by atoms with Crippen molar-refractivity contribution in [2.24, 2.45) is 0 Å². The molecular weight excluding hydrogens is 350 g/mol. The van der Waals surface area contributed by atoms with Gasteiger partial charge in [-0.2, -0.15) is 5.10 Å². The number of amides is 1. The second-order valence-corrected chi connectivity index (χ2v) is 7.25. The van der Waals surface area contributed by atoms with E-state index in [-0.39, 0.29) is 5.91 Å². The fourth-order valence-corrected chi connectivity index (χ4v) is 3.86. The van der Waals surface area contributed by atoms with Crippen LogP contribution in [0.1, 0.15) is 41.2 Å². The summed E-state index contributed by atoms with van der Waals surface area (Å²) >= 11 is 0. The van der Waals surface area contributed by atoms with Gasteiger partial charge < -0.3 is 9.64 Å². The number of aromatic amines is 1. The molecule has 28 heavy (non-hydrogen) atoms. The third-order valence-corrected chi connectivity index (χ3v) is 5.40. The highest BCUT2D eigenvalue weighted by Gasteiger charge is 2.25. The van der Waals surface area contributed by atoms with E-state index in [4.69, 9.17) is 4.74 Å². The summed E-state index contributed by atoms with van der Waals surface area (Å²) in [5.41, 5.74) is 3.51. The highest BCUT2D eigenvalue weighted by molar-refractivity contribution is 5.93. The molecule has 0 bridgehead atoms. The van der Waals surface area contributed by atoms with E-state index in [0.717, 1.165) is 49.4 Å². The van der Waals surface area contributed by atoms with Crippen LogP contribution in [0.2, 0.25) is 0 Å². The molecular formula is C23H25N3O2. The number of ether oxygens (including phenoxy) is 1. The molecule has 1 unspecified atom stereocenters. The molecule has 5 nitrogen and oxygen atoms in total. The molecule has 0 aliphatic carbocycles. The van der Waals surface area contributed by atoms with Crippen LogP contribution in [-0.2, 0) is 0 Å². The molecule has 1 atom stereocenters. The summed E-state index contributed by atoms with van der Waals surface area (Å²) in [6, 6.07) is 20.0. The largest absolute Gasteiger partial charge is 0.497 e. The van der Waals surface area contributed by atoms with E-state index in [2.05, 4.69) is 34.5 Å². The Labute approximate surface area is 165 Å². The smallest absolute Gasteiger partial charge is 0.271 e. The number of methoxy groups -OCH3 is 1. The molecule has 1 aliphatic rings. The second kappa shape index (κ2) is 8.30. The molecule has 0 radical (unpaired) electrons. The molecule has 1 aliphatic heterocycles. The van der Waals surface area contributed by atoms with Crippen molar-refractivity contribution < 1.29 is 9.53 Å². The first-order chi connectivity index (χ1) is 13.7. The van der Waals surface area contributed by atoms with Gasteiger partial charge in [-0.1, -0.05) is 48.9 Å². The number of hydrogen-bond donors (Lipinski definition) is 1. The zero-order valence-corrected chi connectivity index (χ0v) is 16.1. The van der Waals surface area contributed by atoms with E-state index in [9.17, 15) is 4.79 Å². The number of benzene rings is 2. The van der Waals surface area contributed by atoms with Crippen molar-refractivity contribution in [3.05, 3.63) is 71.9 Å². The van der Waals surface area contributed by atoms with E-state index >= 15 is 0 Å². The van der Waals surface area contributed by atoms with Crippen LogP contribution in [0, 0.1) is 0 Å². The summed E-state index contributed by atoms with van der Waals surface area (Å²) in [4.78, 5) is 15.1. The fraction of sp³-hybridized carbons (Fsp3) is 0.304. The average molecular weight is 375 g/mol. The average Bonchev–Trinajstić information content (AvgIpc) is 3.12. The number of aromatic nitrogens is 2. The Morgan fingerprint density at radius 3 is 2.79 bits per heavy atom. The quantitative estimate of drug-likeness (QED) is 0.731. The lowest BCUT2D eigenvalue weighted by Crippen LogP contribution is -2.34. The van der Waals surface area contributed by atoms with Gasteiger partial charge in [0.05, 0.1) is 12.8 Å². The van der Waals surface area contributed by atoms with Gasteiger partial charge >= 0.3 is 0 Å². The van der Waals surface area contributed by atoms with Crippen LogP contribution in [0.5, 0.6) is 5.75 Å². The minimum Gasteiger partial charge on any atom is -0.497 e. The van der Waals surface area contributed by atoms with Crippen molar-refractivity contribution in [1.29, 1.82) is 0 Å². The lowest BCUT2D eigenvalue weighted by molar-refractivity contribution is 0.0748. The Kier molecular flexibility index (Phi) is 5.42. The Balaban J connectivity index is 1.53. The van der Waals surface area contributed by atoms with Gasteiger partial charge in [0.1, 0.15) is 11.4 Å². The maximum atomic E-state index is 13.1. The minimum absolute atomic E-state index is 0.0180. The number of rotatable bonds is 4. The molecule has 3 aromatic rings. The topological polar surface area (TPSA) is 58.2 Å². The van der Waals surface area contributed by atoms with Crippen LogP contribution < -0.4 is 4.74 Å². The molecule has 5 heteroatoms. The predicted octanol–water partition coefficient (Wildman–Crippen LogP) is 4.50. The van der Waals surface area contributed by atoms with Crippen LogP contribution in [0.3, 0.4) is 0 Å². The third-order valence-electron chi connectivity index (χ3n) is 5.40. The van der Waals surface area contributed by atoms with Crippen LogP contribution >= 0.6 is 0 Å². The lowest BCUT2D eigenvalue weighted by Gasteiger charge is -2.24. The Morgan fingerprint density at radius 2 is 1.96 bits per heavy atom. The second-order valence-electron chi connectivity index (χ2n) is 7.25. The van der Waals surface area contributed by atoms with E-state index in [1.54, 1.807) is 7.11 Å². The first kappa shape index (κ1) is 18.3. The number of hydrogen-bond acceptors (Lipinski definition) is 3. The summed E-state index contributed by atoms with van der Waals surface area (Å²) in [6.07, 6.45) is 3.29. The van der Waals surface area contributed by atoms with E-state index < -0.39 is 0 Å². The van der Waals surface area contributed by atoms with E-state index in [1.165, 1.54) is 5.56 Å². The Bertz CT molecular complexity index is 936. The summed E-state index contributed by atoms with van der Waals surface area (Å²) < 4.78 is 5.28. The molecule has 4 rings (SSSR count). The van der Waals surface area contributed by atoms with Crippen molar-refractivity contribution in [1.82, 2.24) is 15.1 Å². The zero-order chi connectivity index (χ0) is 19.3. The molecule has 1 saturated heterocycles. The molecule has 0 spiro atoms. The Hall–Kier alpha value is -3.08. The zero-order valence-electron chi connectivity index (χ0n) is 16.1. The van der Waals surface area contributed by atoms with Gasteiger partial charge in [-0.25, -0.2) is 0 Å². The molecule has 1 amide bonds. The summed E-state index contributed by atoms with van der Waals surface area (Å²) in [5.74, 6) is 1.17. The number of carbonyl (C=O) groups is 1. The van der Waals surface area contributed by atoms with Gasteiger partial charge in [0.15, 0.2) is 0 Å². The van der Waals surface area contributed by atoms with Crippen molar-refractivity contribution >= 4 is 5.91 Å². The van der Waals surface area contributed by atoms with Crippen LogP contribution in [0.4, 0.5) is 0 Å². The maximum absolute atomic E-state index is 13.1. The normalized spacial score (nSPS) is 17.2. The van der Waals surface area contributed by atoms with Gasteiger partial charge in [0.2, 0.25) is 0 Å². The molecule has 1 N–H and O–H groups in total. The number of likely N-dealkylation sites (tertiary alicyclic amines) is 1. The minimum atomic E-state index is 0.0180. The maximum Gasteiger partial charge on any atom is 0.271 e. The molecule has 1 fully saturated rings. The van der Waals surface area contributed by atoms with Gasteiger partial charge in [0.25, 0.3) is 5.91 Å². The summed E-state index contributed by atoms with van der Waals surface area (Å²) in [5, 5.41) is 7.28. The fourth-order valence-electron chi connectivity index (χ4n) is 3.86. The highest BCUT2D eigenvalue weighted by Crippen LogP contribution is 2.28. The summed E-state index contributed by atoms with van der Waals surface area (Å²) in [6.45, 7) is 1.53. The van der Waals surface area contributed by atoms with Crippen molar-refractivity contribution in [2.75, 3.05) is 20.2 Å². The molecule has 0 saturated carbocycles. The number of nitrogens with zero attached hydrogens (tertiary/aromatic N) is 2. The van der Waals surface area contributed by atoms with Crippen molar-refractivity contribution in [3.63, 3.8) is 0 Å². The highest BCUT2D eigenvalue weighted by atomic mass is 16.5. The van der Waals surface area contributed by atoms with Crippen molar-refractivity contribution in [3.8, 4) is 17.0 Å². The SMILES string of the molecule is COc1cccc(-c2cc(C(=O)N3CCCCC(c4ccccc4)C3)[nH]n2)c1. The van der Waals surface area contributed by atoms with E-state index in [0.29, 0.717) is 11.6 Å². The molecule has 2 aromatic carbocycles.